The molecule has 1 aromatic heterocycles. The molecule has 22 heavy (non-hydrogen) atoms. The fraction of sp³-hybridized carbons (Fsp3) is 0.111. The van der Waals surface area contributed by atoms with Crippen LogP contribution < -0.4 is 0 Å². The van der Waals surface area contributed by atoms with E-state index in [2.05, 4.69) is 4.98 Å². The normalized spacial score (nSPS) is 10.4. The van der Waals surface area contributed by atoms with E-state index in [0.29, 0.717) is 13.1 Å². The van der Waals surface area contributed by atoms with Gasteiger partial charge in [0.1, 0.15) is 6.33 Å². The third-order valence-corrected chi connectivity index (χ3v) is 3.43. The Morgan fingerprint density at radius 2 is 1.45 bits per heavy atom. The molecule has 0 aliphatic heterocycles. The Hall–Kier alpha value is -2.88. The summed E-state index contributed by atoms with van der Waals surface area (Å²) in [5.41, 5.74) is 2.21. The summed E-state index contributed by atoms with van der Waals surface area (Å²) in [5.74, 6) is 0. The third kappa shape index (κ3) is 3.41. The first kappa shape index (κ1) is 14.1. The van der Waals surface area contributed by atoms with E-state index >= 15 is 0 Å². The van der Waals surface area contributed by atoms with Crippen LogP contribution in [0.2, 0.25) is 0 Å². The van der Waals surface area contributed by atoms with Gasteiger partial charge in [-0.25, -0.2) is 9.78 Å². The van der Waals surface area contributed by atoms with Gasteiger partial charge in [-0.15, -0.1) is 0 Å². The molecule has 1 amide bonds. The second-order valence-corrected chi connectivity index (χ2v) is 5.08. The van der Waals surface area contributed by atoms with Gasteiger partial charge in [0.05, 0.1) is 0 Å². The van der Waals surface area contributed by atoms with Crippen molar-refractivity contribution in [2.45, 2.75) is 13.1 Å². The summed E-state index contributed by atoms with van der Waals surface area (Å²) >= 11 is 0. The van der Waals surface area contributed by atoms with Crippen molar-refractivity contribution < 1.29 is 4.79 Å². The van der Waals surface area contributed by atoms with E-state index in [0.717, 1.165) is 11.1 Å². The summed E-state index contributed by atoms with van der Waals surface area (Å²) in [6.07, 6.45) is 4.82. The number of aromatic nitrogens is 2. The Bertz CT molecular complexity index is 667. The molecular weight excluding hydrogens is 274 g/mol. The Morgan fingerprint density at radius 3 is 1.91 bits per heavy atom. The van der Waals surface area contributed by atoms with E-state index in [1.807, 2.05) is 65.6 Å². The minimum absolute atomic E-state index is 0.0785. The Labute approximate surface area is 129 Å². The van der Waals surface area contributed by atoms with Gasteiger partial charge in [-0.2, -0.15) is 0 Å². The number of carbonyl (C=O) groups is 1. The van der Waals surface area contributed by atoms with Gasteiger partial charge in [0.25, 0.3) is 0 Å². The number of hydrogen-bond donors (Lipinski definition) is 0. The van der Waals surface area contributed by atoms with Gasteiger partial charge >= 0.3 is 6.03 Å². The van der Waals surface area contributed by atoms with Crippen molar-refractivity contribution in [2.75, 3.05) is 0 Å². The molecular formula is C18H17N3O. The van der Waals surface area contributed by atoms with Crippen molar-refractivity contribution in [1.82, 2.24) is 14.5 Å². The molecule has 0 radical (unpaired) electrons. The standard InChI is InChI=1S/C18H17N3O/c22-18(20-12-11-19-15-20)21(13-16-7-3-1-4-8-16)14-17-9-5-2-6-10-17/h1-12,15H,13-14H2. The van der Waals surface area contributed by atoms with Crippen LogP contribution in [0.1, 0.15) is 11.1 Å². The molecule has 0 saturated carbocycles. The number of imidazole rings is 1. The predicted octanol–water partition coefficient (Wildman–Crippen LogP) is 3.55. The maximum atomic E-state index is 12.7. The summed E-state index contributed by atoms with van der Waals surface area (Å²) in [6, 6.07) is 19.9. The average molecular weight is 291 g/mol. The lowest BCUT2D eigenvalue weighted by Crippen LogP contribution is -2.33. The average Bonchev–Trinajstić information content (AvgIpc) is 3.10. The van der Waals surface area contributed by atoms with Gasteiger partial charge in [0.2, 0.25) is 0 Å². The predicted molar refractivity (Wildman–Crippen MR) is 85.2 cm³/mol. The Morgan fingerprint density at radius 1 is 0.909 bits per heavy atom. The summed E-state index contributed by atoms with van der Waals surface area (Å²) in [7, 11) is 0. The smallest absolute Gasteiger partial charge is 0.315 e. The van der Waals surface area contributed by atoms with Gasteiger partial charge in [-0.1, -0.05) is 60.7 Å². The highest BCUT2D eigenvalue weighted by molar-refractivity contribution is 5.76. The minimum atomic E-state index is -0.0785. The van der Waals surface area contributed by atoms with E-state index in [9.17, 15) is 4.79 Å². The number of nitrogens with zero attached hydrogens (tertiary/aromatic N) is 3. The zero-order chi connectivity index (χ0) is 15.2. The van der Waals surface area contributed by atoms with E-state index < -0.39 is 0 Å². The first-order valence-corrected chi connectivity index (χ1v) is 7.18. The molecule has 0 saturated heterocycles. The molecule has 1 heterocycles. The first-order chi connectivity index (χ1) is 10.8. The zero-order valence-corrected chi connectivity index (χ0v) is 12.2. The lowest BCUT2D eigenvalue weighted by atomic mass is 10.2. The summed E-state index contributed by atoms with van der Waals surface area (Å²) < 4.78 is 1.51. The Balaban J connectivity index is 1.83. The summed E-state index contributed by atoms with van der Waals surface area (Å²) in [6.45, 7) is 1.12. The number of amides is 1. The van der Waals surface area contributed by atoms with E-state index in [-0.39, 0.29) is 6.03 Å². The van der Waals surface area contributed by atoms with Crippen molar-refractivity contribution in [3.05, 3.63) is 90.5 Å². The number of benzene rings is 2. The second-order valence-electron chi connectivity index (χ2n) is 5.08. The molecule has 0 atom stereocenters. The highest BCUT2D eigenvalue weighted by Crippen LogP contribution is 2.11. The Kier molecular flexibility index (Phi) is 4.30. The molecule has 4 heteroatoms. The third-order valence-electron chi connectivity index (χ3n) is 3.43. The fourth-order valence-corrected chi connectivity index (χ4v) is 2.33. The molecule has 110 valence electrons. The van der Waals surface area contributed by atoms with Crippen molar-refractivity contribution in [3.63, 3.8) is 0 Å². The fourth-order valence-electron chi connectivity index (χ4n) is 2.33. The summed E-state index contributed by atoms with van der Waals surface area (Å²) in [4.78, 5) is 18.4. The molecule has 3 aromatic rings. The van der Waals surface area contributed by atoms with Gasteiger partial charge in [0.15, 0.2) is 0 Å². The molecule has 4 nitrogen and oxygen atoms in total. The minimum Gasteiger partial charge on any atom is -0.315 e. The van der Waals surface area contributed by atoms with Crippen LogP contribution in [0.3, 0.4) is 0 Å². The quantitative estimate of drug-likeness (QED) is 0.737. The molecule has 0 spiro atoms. The topological polar surface area (TPSA) is 38.1 Å². The molecule has 0 aliphatic carbocycles. The highest BCUT2D eigenvalue weighted by Gasteiger charge is 2.16. The number of hydrogen-bond acceptors (Lipinski definition) is 2. The SMILES string of the molecule is O=C(N(Cc1ccccc1)Cc1ccccc1)n1ccnc1. The highest BCUT2D eigenvalue weighted by atomic mass is 16.2. The summed E-state index contributed by atoms with van der Waals surface area (Å²) in [5, 5.41) is 0. The van der Waals surface area contributed by atoms with Crippen LogP contribution in [0.15, 0.2) is 79.4 Å². The van der Waals surface area contributed by atoms with E-state index in [1.54, 1.807) is 12.4 Å². The van der Waals surface area contributed by atoms with Crippen molar-refractivity contribution >= 4 is 6.03 Å². The molecule has 0 aliphatic rings. The maximum Gasteiger partial charge on any atom is 0.330 e. The van der Waals surface area contributed by atoms with Crippen molar-refractivity contribution in [1.29, 1.82) is 0 Å². The zero-order valence-electron chi connectivity index (χ0n) is 12.2. The van der Waals surface area contributed by atoms with Gasteiger partial charge in [0, 0.05) is 25.5 Å². The molecule has 3 rings (SSSR count). The van der Waals surface area contributed by atoms with E-state index in [1.165, 1.54) is 10.9 Å². The molecule has 0 unspecified atom stereocenters. The van der Waals surface area contributed by atoms with Gasteiger partial charge in [-0.05, 0) is 11.1 Å². The van der Waals surface area contributed by atoms with Crippen LogP contribution in [0.25, 0.3) is 0 Å². The van der Waals surface area contributed by atoms with Crippen molar-refractivity contribution in [2.24, 2.45) is 0 Å². The lowest BCUT2D eigenvalue weighted by molar-refractivity contribution is 0.194. The van der Waals surface area contributed by atoms with Crippen LogP contribution >= 0.6 is 0 Å². The van der Waals surface area contributed by atoms with Crippen LogP contribution in [0.5, 0.6) is 0 Å². The maximum absolute atomic E-state index is 12.7. The first-order valence-electron chi connectivity index (χ1n) is 7.18. The van der Waals surface area contributed by atoms with Crippen LogP contribution in [0.4, 0.5) is 4.79 Å². The largest absolute Gasteiger partial charge is 0.330 e. The molecule has 0 N–H and O–H groups in total. The number of carbonyl (C=O) groups excluding carboxylic acids is 1. The second kappa shape index (κ2) is 6.72. The van der Waals surface area contributed by atoms with Gasteiger partial charge < -0.3 is 4.90 Å². The molecule has 0 bridgehead atoms. The monoisotopic (exact) mass is 291 g/mol. The van der Waals surface area contributed by atoms with Crippen LogP contribution in [-0.4, -0.2) is 20.5 Å². The number of rotatable bonds is 4. The molecule has 0 fully saturated rings. The van der Waals surface area contributed by atoms with Gasteiger partial charge in [-0.3, -0.25) is 4.57 Å². The van der Waals surface area contributed by atoms with Crippen LogP contribution in [-0.2, 0) is 13.1 Å². The lowest BCUT2D eigenvalue weighted by Gasteiger charge is -2.23. The van der Waals surface area contributed by atoms with E-state index in [4.69, 9.17) is 0 Å². The molecule has 2 aromatic carbocycles. The van der Waals surface area contributed by atoms with Crippen LogP contribution in [0, 0.1) is 0 Å². The van der Waals surface area contributed by atoms with Crippen molar-refractivity contribution in [3.8, 4) is 0 Å².